The molecular formula is C16H21N3OS. The summed E-state index contributed by atoms with van der Waals surface area (Å²) < 4.78 is 6.26. The van der Waals surface area contributed by atoms with Crippen molar-refractivity contribution in [2.24, 2.45) is 0 Å². The summed E-state index contributed by atoms with van der Waals surface area (Å²) in [6.45, 7) is 10.3. The molecule has 4 nitrogen and oxygen atoms in total. The van der Waals surface area contributed by atoms with E-state index in [2.05, 4.69) is 35.7 Å². The summed E-state index contributed by atoms with van der Waals surface area (Å²) in [6.07, 6.45) is 3.62. The molecule has 0 radical (unpaired) electrons. The average Bonchev–Trinajstić information content (AvgIpc) is 2.36. The van der Waals surface area contributed by atoms with E-state index in [0.29, 0.717) is 4.64 Å². The van der Waals surface area contributed by atoms with Gasteiger partial charge in [0.2, 0.25) is 0 Å². The van der Waals surface area contributed by atoms with E-state index in [4.69, 9.17) is 17.0 Å². The zero-order valence-corrected chi connectivity index (χ0v) is 13.9. The van der Waals surface area contributed by atoms with Crippen LogP contribution in [0.1, 0.15) is 40.4 Å². The van der Waals surface area contributed by atoms with Gasteiger partial charge in [0.1, 0.15) is 16.2 Å². The predicted molar refractivity (Wildman–Crippen MR) is 87.1 cm³/mol. The normalized spacial score (nSPS) is 11.7. The van der Waals surface area contributed by atoms with Gasteiger partial charge in [-0.25, -0.2) is 4.98 Å². The Kier molecular flexibility index (Phi) is 4.42. The van der Waals surface area contributed by atoms with Crippen molar-refractivity contribution in [1.29, 1.82) is 0 Å². The topological polar surface area (TPSA) is 50.8 Å². The molecule has 0 unspecified atom stereocenters. The standard InChI is InChI=1S/C16H21N3OS/c1-10(2)20-12-6-11(8-17-9-12)13-7-14(21)19-15(18-13)16(3,4)5/h6-10H,1-5H3,(H,18,19,21). The summed E-state index contributed by atoms with van der Waals surface area (Å²) in [5.74, 6) is 1.61. The van der Waals surface area contributed by atoms with Crippen LogP contribution in [0, 0.1) is 4.64 Å². The van der Waals surface area contributed by atoms with Crippen LogP contribution in [0.5, 0.6) is 5.75 Å². The highest BCUT2D eigenvalue weighted by Gasteiger charge is 2.17. The summed E-state index contributed by atoms with van der Waals surface area (Å²) >= 11 is 5.28. The first-order valence-corrected chi connectivity index (χ1v) is 7.40. The molecule has 0 fully saturated rings. The first kappa shape index (κ1) is 15.6. The molecular weight excluding hydrogens is 282 g/mol. The average molecular weight is 303 g/mol. The second-order valence-corrected chi connectivity index (χ2v) is 6.73. The number of pyridine rings is 1. The van der Waals surface area contributed by atoms with E-state index in [1.165, 1.54) is 0 Å². The second-order valence-electron chi connectivity index (χ2n) is 6.31. The molecule has 2 aromatic heterocycles. The van der Waals surface area contributed by atoms with Gasteiger partial charge in [-0.15, -0.1) is 0 Å². The molecule has 0 aliphatic heterocycles. The van der Waals surface area contributed by atoms with E-state index in [9.17, 15) is 0 Å². The van der Waals surface area contributed by atoms with Crippen molar-refractivity contribution < 1.29 is 4.74 Å². The monoisotopic (exact) mass is 303 g/mol. The van der Waals surface area contributed by atoms with E-state index in [1.54, 1.807) is 12.4 Å². The minimum Gasteiger partial charge on any atom is -0.489 e. The van der Waals surface area contributed by atoms with Crippen molar-refractivity contribution in [2.45, 2.75) is 46.1 Å². The fourth-order valence-electron chi connectivity index (χ4n) is 1.87. The predicted octanol–water partition coefficient (Wildman–Crippen LogP) is 4.29. The SMILES string of the molecule is CC(C)Oc1cncc(-c2cc(=S)nc(C(C)(C)C)[nH]2)c1. The number of nitrogens with one attached hydrogen (secondary N) is 1. The quantitative estimate of drug-likeness (QED) is 0.860. The van der Waals surface area contributed by atoms with E-state index in [0.717, 1.165) is 22.8 Å². The zero-order valence-electron chi connectivity index (χ0n) is 13.1. The van der Waals surface area contributed by atoms with Crippen LogP contribution in [0.25, 0.3) is 11.3 Å². The molecule has 21 heavy (non-hydrogen) atoms. The molecule has 2 heterocycles. The van der Waals surface area contributed by atoms with Gasteiger partial charge in [0.25, 0.3) is 0 Å². The number of aromatic nitrogens is 3. The third-order valence-electron chi connectivity index (χ3n) is 2.85. The van der Waals surface area contributed by atoms with Crippen LogP contribution in [0.3, 0.4) is 0 Å². The van der Waals surface area contributed by atoms with E-state index in [1.807, 2.05) is 26.0 Å². The van der Waals surface area contributed by atoms with Gasteiger partial charge >= 0.3 is 0 Å². The van der Waals surface area contributed by atoms with Crippen LogP contribution in [0.4, 0.5) is 0 Å². The molecule has 0 aromatic carbocycles. The molecule has 112 valence electrons. The number of hydrogen-bond acceptors (Lipinski definition) is 4. The lowest BCUT2D eigenvalue weighted by atomic mass is 9.95. The summed E-state index contributed by atoms with van der Waals surface area (Å²) in [5, 5.41) is 0. The molecule has 0 aliphatic rings. The number of rotatable bonds is 3. The highest BCUT2D eigenvalue weighted by molar-refractivity contribution is 7.71. The van der Waals surface area contributed by atoms with Gasteiger partial charge in [-0.1, -0.05) is 33.0 Å². The molecule has 2 rings (SSSR count). The first-order chi connectivity index (χ1) is 9.75. The molecule has 0 spiro atoms. The summed E-state index contributed by atoms with van der Waals surface area (Å²) in [4.78, 5) is 12.0. The van der Waals surface area contributed by atoms with Crippen molar-refractivity contribution in [3.63, 3.8) is 0 Å². The lowest BCUT2D eigenvalue weighted by Gasteiger charge is -2.18. The largest absolute Gasteiger partial charge is 0.489 e. The van der Waals surface area contributed by atoms with Crippen LogP contribution < -0.4 is 4.74 Å². The maximum Gasteiger partial charge on any atom is 0.138 e. The Bertz CT molecular complexity index is 686. The van der Waals surface area contributed by atoms with Gasteiger partial charge in [-0.05, 0) is 26.0 Å². The van der Waals surface area contributed by atoms with Gasteiger partial charge in [-0.2, -0.15) is 0 Å². The van der Waals surface area contributed by atoms with Crippen molar-refractivity contribution in [1.82, 2.24) is 15.0 Å². The lowest BCUT2D eigenvalue weighted by Crippen LogP contribution is -2.16. The number of hydrogen-bond donors (Lipinski definition) is 1. The van der Waals surface area contributed by atoms with Gasteiger partial charge in [0, 0.05) is 17.2 Å². The molecule has 0 saturated heterocycles. The maximum atomic E-state index is 5.69. The molecule has 0 aliphatic carbocycles. The van der Waals surface area contributed by atoms with Crippen LogP contribution in [0.15, 0.2) is 24.5 Å². The molecule has 2 aromatic rings. The van der Waals surface area contributed by atoms with Crippen molar-refractivity contribution in [3.05, 3.63) is 35.0 Å². The van der Waals surface area contributed by atoms with Crippen molar-refractivity contribution in [3.8, 4) is 17.0 Å². The summed E-state index contributed by atoms with van der Waals surface area (Å²) in [5.41, 5.74) is 1.75. The Labute approximate surface area is 130 Å². The molecule has 0 saturated carbocycles. The highest BCUT2D eigenvalue weighted by atomic mass is 32.1. The van der Waals surface area contributed by atoms with Gasteiger partial charge in [0.05, 0.1) is 18.0 Å². The molecule has 0 atom stereocenters. The first-order valence-electron chi connectivity index (χ1n) is 6.99. The zero-order chi connectivity index (χ0) is 15.6. The Morgan fingerprint density at radius 1 is 1.19 bits per heavy atom. The Hall–Kier alpha value is -1.75. The number of H-pyrrole nitrogens is 1. The summed E-state index contributed by atoms with van der Waals surface area (Å²) in [6, 6.07) is 3.81. The third kappa shape index (κ3) is 4.11. The van der Waals surface area contributed by atoms with Crippen molar-refractivity contribution >= 4 is 12.2 Å². The van der Waals surface area contributed by atoms with Gasteiger partial charge in [0.15, 0.2) is 0 Å². The second kappa shape index (κ2) is 5.93. The highest BCUT2D eigenvalue weighted by Crippen LogP contribution is 2.25. The van der Waals surface area contributed by atoms with E-state index >= 15 is 0 Å². The number of ether oxygens (including phenoxy) is 1. The Balaban J connectivity index is 2.47. The Morgan fingerprint density at radius 3 is 2.52 bits per heavy atom. The lowest BCUT2D eigenvalue weighted by molar-refractivity contribution is 0.241. The van der Waals surface area contributed by atoms with Gasteiger partial charge < -0.3 is 9.72 Å². The maximum absolute atomic E-state index is 5.69. The molecule has 0 bridgehead atoms. The minimum absolute atomic E-state index is 0.0942. The van der Waals surface area contributed by atoms with Gasteiger partial charge in [-0.3, -0.25) is 4.98 Å². The molecule has 0 amide bonds. The minimum atomic E-state index is -0.0942. The number of nitrogens with zero attached hydrogens (tertiary/aromatic N) is 2. The smallest absolute Gasteiger partial charge is 0.138 e. The van der Waals surface area contributed by atoms with Crippen LogP contribution >= 0.6 is 12.2 Å². The van der Waals surface area contributed by atoms with E-state index in [-0.39, 0.29) is 11.5 Å². The molecule has 1 N–H and O–H groups in total. The third-order valence-corrected chi connectivity index (χ3v) is 3.06. The fourth-order valence-corrected chi connectivity index (χ4v) is 2.08. The van der Waals surface area contributed by atoms with E-state index < -0.39 is 0 Å². The Morgan fingerprint density at radius 2 is 1.90 bits per heavy atom. The number of aromatic amines is 1. The molecule has 5 heteroatoms. The van der Waals surface area contributed by atoms with Crippen LogP contribution in [-0.4, -0.2) is 21.1 Å². The summed E-state index contributed by atoms with van der Waals surface area (Å²) in [7, 11) is 0. The van der Waals surface area contributed by atoms with Crippen molar-refractivity contribution in [2.75, 3.05) is 0 Å². The van der Waals surface area contributed by atoms with Crippen LogP contribution in [0.2, 0.25) is 0 Å². The van der Waals surface area contributed by atoms with Crippen LogP contribution in [-0.2, 0) is 5.41 Å². The fraction of sp³-hybridized carbons (Fsp3) is 0.438.